The zero-order chi connectivity index (χ0) is 13.1. The Bertz CT molecular complexity index is 394. The summed E-state index contributed by atoms with van der Waals surface area (Å²) in [5.74, 6) is 0. The van der Waals surface area contributed by atoms with E-state index in [1.165, 1.54) is 4.90 Å². The molecule has 0 N–H and O–H groups in total. The summed E-state index contributed by atoms with van der Waals surface area (Å²) in [5, 5.41) is -0.451. The molecule has 10 heteroatoms. The van der Waals surface area contributed by atoms with Crippen LogP contribution in [0, 0.1) is 0 Å². The van der Waals surface area contributed by atoms with Gasteiger partial charge in [0.15, 0.2) is 6.61 Å². The van der Waals surface area contributed by atoms with Gasteiger partial charge < -0.3 is 9.64 Å². The third kappa shape index (κ3) is 5.22. The molecule has 0 radical (unpaired) electrons. The molecule has 96 valence electrons. The highest BCUT2D eigenvalue weighted by atomic mass is 32.2. The largest absolute Gasteiger partial charge is 0.459 e. The van der Waals surface area contributed by atoms with Crippen molar-refractivity contribution in [2.45, 2.75) is 11.3 Å². The topological polar surface area (TPSA) is 55.3 Å². The average Bonchev–Trinajstić information content (AvgIpc) is 2.61. The van der Waals surface area contributed by atoms with Gasteiger partial charge in [0.2, 0.25) is 5.16 Å². The predicted octanol–water partition coefficient (Wildman–Crippen LogP) is 2.25. The zero-order valence-electron chi connectivity index (χ0n) is 8.82. The van der Waals surface area contributed by atoms with E-state index in [-0.39, 0.29) is 15.6 Å². The lowest BCUT2D eigenvalue weighted by molar-refractivity contribution is -0.153. The van der Waals surface area contributed by atoms with Crippen molar-refractivity contribution in [2.24, 2.45) is 0 Å². The van der Waals surface area contributed by atoms with E-state index in [4.69, 9.17) is 0 Å². The van der Waals surface area contributed by atoms with Crippen LogP contribution in [0.25, 0.3) is 0 Å². The van der Waals surface area contributed by atoms with Crippen LogP contribution >= 0.6 is 23.3 Å². The SMILES string of the molecule is CN(C)C(=O)Sc1nsc(OCC(F)(F)F)n1. The van der Waals surface area contributed by atoms with Gasteiger partial charge in [-0.25, -0.2) is 0 Å². The number of carbonyl (C=O) groups excluding carboxylic acids is 1. The fourth-order valence-corrected chi connectivity index (χ4v) is 1.83. The van der Waals surface area contributed by atoms with Gasteiger partial charge >= 0.3 is 6.18 Å². The van der Waals surface area contributed by atoms with E-state index >= 15 is 0 Å². The van der Waals surface area contributed by atoms with Crippen molar-refractivity contribution >= 4 is 28.5 Å². The number of ether oxygens (including phenoxy) is 1. The Balaban J connectivity index is 2.51. The van der Waals surface area contributed by atoms with Gasteiger partial charge in [0.1, 0.15) is 0 Å². The van der Waals surface area contributed by atoms with E-state index in [1.807, 2.05) is 0 Å². The number of aromatic nitrogens is 2. The van der Waals surface area contributed by atoms with Crippen LogP contribution in [0.5, 0.6) is 5.19 Å². The van der Waals surface area contributed by atoms with Gasteiger partial charge in [-0.1, -0.05) is 0 Å². The number of carbonyl (C=O) groups is 1. The van der Waals surface area contributed by atoms with E-state index < -0.39 is 12.8 Å². The number of hydrogen-bond donors (Lipinski definition) is 0. The van der Waals surface area contributed by atoms with Gasteiger partial charge in [-0.05, 0) is 0 Å². The van der Waals surface area contributed by atoms with Crippen LogP contribution in [-0.4, -0.2) is 46.4 Å². The minimum atomic E-state index is -4.42. The van der Waals surface area contributed by atoms with Gasteiger partial charge in [0, 0.05) is 37.4 Å². The van der Waals surface area contributed by atoms with Crippen molar-refractivity contribution in [2.75, 3.05) is 20.7 Å². The van der Waals surface area contributed by atoms with Crippen LogP contribution in [0.2, 0.25) is 0 Å². The predicted molar refractivity (Wildman–Crippen MR) is 56.4 cm³/mol. The Morgan fingerprint density at radius 2 is 2.18 bits per heavy atom. The molecule has 0 fully saturated rings. The van der Waals surface area contributed by atoms with Crippen LogP contribution in [0.3, 0.4) is 0 Å². The molecular weight excluding hydrogens is 279 g/mol. The first-order valence-electron chi connectivity index (χ1n) is 4.20. The molecule has 0 unspecified atom stereocenters. The van der Waals surface area contributed by atoms with E-state index in [0.717, 1.165) is 11.8 Å². The Morgan fingerprint density at radius 1 is 1.53 bits per heavy atom. The first kappa shape index (κ1) is 14.0. The fourth-order valence-electron chi connectivity index (χ4n) is 0.610. The highest BCUT2D eigenvalue weighted by Gasteiger charge is 2.29. The summed E-state index contributed by atoms with van der Waals surface area (Å²) in [5.41, 5.74) is 0. The fraction of sp³-hybridized carbons (Fsp3) is 0.571. The third-order valence-corrected chi connectivity index (χ3v) is 2.94. The highest BCUT2D eigenvalue weighted by Crippen LogP contribution is 2.25. The van der Waals surface area contributed by atoms with Crippen molar-refractivity contribution in [1.82, 2.24) is 14.3 Å². The Labute approximate surface area is 103 Å². The van der Waals surface area contributed by atoms with Gasteiger partial charge in [-0.3, -0.25) is 4.79 Å². The molecule has 0 saturated heterocycles. The smallest absolute Gasteiger partial charge is 0.422 e. The molecular formula is C7H8F3N3O2S2. The molecule has 0 aliphatic heterocycles. The molecule has 1 amide bonds. The Hall–Kier alpha value is -1.03. The second kappa shape index (κ2) is 5.54. The van der Waals surface area contributed by atoms with Crippen LogP contribution in [0.4, 0.5) is 18.0 Å². The Kier molecular flexibility index (Phi) is 4.57. The van der Waals surface area contributed by atoms with Crippen LogP contribution < -0.4 is 4.74 Å². The summed E-state index contributed by atoms with van der Waals surface area (Å²) in [4.78, 5) is 16.2. The molecule has 5 nitrogen and oxygen atoms in total. The highest BCUT2D eigenvalue weighted by molar-refractivity contribution is 8.13. The second-order valence-electron chi connectivity index (χ2n) is 3.01. The summed E-state index contributed by atoms with van der Waals surface area (Å²) < 4.78 is 43.6. The third-order valence-electron chi connectivity index (χ3n) is 1.29. The Morgan fingerprint density at radius 3 is 2.71 bits per heavy atom. The average molecular weight is 287 g/mol. The number of amides is 1. The first-order chi connectivity index (χ1) is 7.78. The van der Waals surface area contributed by atoms with Crippen molar-refractivity contribution in [3.05, 3.63) is 0 Å². The number of nitrogens with zero attached hydrogens (tertiary/aromatic N) is 3. The molecule has 0 spiro atoms. The molecule has 1 heterocycles. The molecule has 0 saturated carbocycles. The van der Waals surface area contributed by atoms with Crippen LogP contribution in [0.15, 0.2) is 5.16 Å². The summed E-state index contributed by atoms with van der Waals surface area (Å²) in [6.07, 6.45) is -4.42. The molecule has 1 aromatic rings. The van der Waals surface area contributed by atoms with E-state index in [1.54, 1.807) is 14.1 Å². The van der Waals surface area contributed by atoms with Crippen molar-refractivity contribution in [3.63, 3.8) is 0 Å². The maximum atomic E-state index is 11.8. The monoisotopic (exact) mass is 287 g/mol. The molecule has 0 aliphatic rings. The molecule has 1 aromatic heterocycles. The number of rotatable bonds is 3. The first-order valence-corrected chi connectivity index (χ1v) is 5.79. The zero-order valence-corrected chi connectivity index (χ0v) is 10.4. The summed E-state index contributed by atoms with van der Waals surface area (Å²) >= 11 is 1.39. The van der Waals surface area contributed by atoms with Gasteiger partial charge in [0.05, 0.1) is 0 Å². The molecule has 0 aromatic carbocycles. The molecule has 0 aliphatic carbocycles. The van der Waals surface area contributed by atoms with E-state index in [9.17, 15) is 18.0 Å². The van der Waals surface area contributed by atoms with E-state index in [0.29, 0.717) is 11.5 Å². The number of halogens is 3. The van der Waals surface area contributed by atoms with Crippen molar-refractivity contribution in [1.29, 1.82) is 0 Å². The molecule has 1 rings (SSSR count). The summed E-state index contributed by atoms with van der Waals surface area (Å²) in [6, 6.07) is 0. The van der Waals surface area contributed by atoms with Gasteiger partial charge in [-0.15, -0.1) is 0 Å². The standard InChI is InChI=1S/C7H8F3N3O2S2/c1-13(2)6(14)16-4-11-5(17-12-4)15-3-7(8,9)10/h3H2,1-2H3. The van der Waals surface area contributed by atoms with Crippen molar-refractivity contribution < 1.29 is 22.7 Å². The lowest BCUT2D eigenvalue weighted by atomic mass is 10.7. The maximum absolute atomic E-state index is 11.8. The van der Waals surface area contributed by atoms with Gasteiger partial charge in [0.25, 0.3) is 10.4 Å². The normalized spacial score (nSPS) is 11.4. The summed E-state index contributed by atoms with van der Waals surface area (Å²) in [6.45, 7) is -1.42. The van der Waals surface area contributed by atoms with E-state index in [2.05, 4.69) is 14.1 Å². The number of hydrogen-bond acceptors (Lipinski definition) is 6. The number of thioether (sulfide) groups is 1. The lowest BCUT2D eigenvalue weighted by Crippen LogP contribution is -2.19. The van der Waals surface area contributed by atoms with Crippen molar-refractivity contribution in [3.8, 4) is 5.19 Å². The lowest BCUT2D eigenvalue weighted by Gasteiger charge is -2.06. The molecule has 0 bridgehead atoms. The quantitative estimate of drug-likeness (QED) is 0.798. The minimum absolute atomic E-state index is 0.0749. The van der Waals surface area contributed by atoms with Gasteiger partial charge in [-0.2, -0.15) is 22.5 Å². The summed E-state index contributed by atoms with van der Waals surface area (Å²) in [7, 11) is 3.09. The molecule has 0 atom stereocenters. The number of alkyl halides is 3. The molecule has 17 heavy (non-hydrogen) atoms. The van der Waals surface area contributed by atoms with Crippen LogP contribution in [0.1, 0.15) is 0 Å². The second-order valence-corrected chi connectivity index (χ2v) is 4.64. The minimum Gasteiger partial charge on any atom is -0.459 e. The maximum Gasteiger partial charge on any atom is 0.422 e. The van der Waals surface area contributed by atoms with Crippen LogP contribution in [-0.2, 0) is 0 Å².